The molecule has 2 aromatic carbocycles. The Balaban J connectivity index is 2.19. The second kappa shape index (κ2) is 6.30. The van der Waals surface area contributed by atoms with Crippen LogP contribution in [-0.2, 0) is 6.61 Å². The summed E-state index contributed by atoms with van der Waals surface area (Å²) < 4.78 is 12.9. The van der Waals surface area contributed by atoms with Gasteiger partial charge in [-0.05, 0) is 40.2 Å². The van der Waals surface area contributed by atoms with Crippen LogP contribution in [0.3, 0.4) is 0 Å². The van der Waals surface area contributed by atoms with Crippen molar-refractivity contribution in [1.29, 1.82) is 0 Å². The van der Waals surface area contributed by atoms with E-state index in [4.69, 9.17) is 15.2 Å². The molecule has 0 radical (unpaired) electrons. The number of methoxy groups -OCH3 is 1. The summed E-state index contributed by atoms with van der Waals surface area (Å²) in [5.74, 6) is 1.38. The first kappa shape index (κ1) is 14.2. The molecule has 0 unspecified atom stereocenters. The van der Waals surface area contributed by atoms with Gasteiger partial charge in [-0.25, -0.2) is 0 Å². The van der Waals surface area contributed by atoms with E-state index in [1.54, 1.807) is 7.11 Å². The molecule has 0 heterocycles. The summed E-state index contributed by atoms with van der Waals surface area (Å²) >= 11 is 6.93. The molecule has 0 spiro atoms. The smallest absolute Gasteiger partial charge is 0.175 e. The quantitative estimate of drug-likeness (QED) is 0.793. The molecule has 0 saturated heterocycles. The predicted octanol–water partition coefficient (Wildman–Crippen LogP) is 4.38. The van der Waals surface area contributed by atoms with Crippen molar-refractivity contribution in [1.82, 2.24) is 0 Å². The maximum atomic E-state index is 5.82. The lowest BCUT2D eigenvalue weighted by molar-refractivity contribution is 0.282. The van der Waals surface area contributed by atoms with Gasteiger partial charge in [0.05, 0.1) is 11.6 Å². The Kier molecular flexibility index (Phi) is 4.71. The average Bonchev–Trinajstić information content (AvgIpc) is 2.39. The summed E-state index contributed by atoms with van der Waals surface area (Å²) in [5.41, 5.74) is 7.44. The third-order valence-corrected chi connectivity index (χ3v) is 3.96. The average molecular weight is 387 g/mol. The van der Waals surface area contributed by atoms with E-state index in [1.165, 1.54) is 0 Å². The van der Waals surface area contributed by atoms with Crippen LogP contribution < -0.4 is 15.2 Å². The maximum Gasteiger partial charge on any atom is 0.175 e. The number of nitrogen functional groups attached to an aromatic ring is 1. The first-order valence-corrected chi connectivity index (χ1v) is 7.19. The van der Waals surface area contributed by atoms with Crippen molar-refractivity contribution in [3.05, 3.63) is 50.9 Å². The lowest BCUT2D eigenvalue weighted by atomic mass is 10.2. The number of benzene rings is 2. The number of rotatable bonds is 4. The minimum absolute atomic E-state index is 0.430. The van der Waals surface area contributed by atoms with Crippen LogP contribution in [0.15, 0.2) is 45.3 Å². The van der Waals surface area contributed by atoms with E-state index in [9.17, 15) is 0 Å². The summed E-state index contributed by atoms with van der Waals surface area (Å²) in [6, 6.07) is 11.3. The number of para-hydroxylation sites is 1. The van der Waals surface area contributed by atoms with Crippen LogP contribution in [0.2, 0.25) is 0 Å². The zero-order valence-corrected chi connectivity index (χ0v) is 13.5. The highest BCUT2D eigenvalue weighted by atomic mass is 79.9. The second-order valence-corrected chi connectivity index (χ2v) is 5.62. The highest BCUT2D eigenvalue weighted by Gasteiger charge is 2.09. The van der Waals surface area contributed by atoms with Crippen molar-refractivity contribution < 1.29 is 9.47 Å². The Morgan fingerprint density at radius 1 is 1.11 bits per heavy atom. The van der Waals surface area contributed by atoms with Gasteiger partial charge in [-0.1, -0.05) is 28.1 Å². The van der Waals surface area contributed by atoms with E-state index >= 15 is 0 Å². The fourth-order valence-corrected chi connectivity index (χ4v) is 2.59. The Morgan fingerprint density at radius 2 is 1.89 bits per heavy atom. The molecule has 0 aliphatic carbocycles. The molecule has 2 rings (SSSR count). The van der Waals surface area contributed by atoms with E-state index in [0.29, 0.717) is 23.8 Å². The van der Waals surface area contributed by atoms with E-state index in [2.05, 4.69) is 31.9 Å². The topological polar surface area (TPSA) is 44.5 Å². The second-order valence-electron chi connectivity index (χ2n) is 3.91. The Bertz CT molecular complexity index is 588. The van der Waals surface area contributed by atoms with E-state index < -0.39 is 0 Å². The van der Waals surface area contributed by atoms with Gasteiger partial charge in [0.1, 0.15) is 6.61 Å². The van der Waals surface area contributed by atoms with Gasteiger partial charge in [-0.2, -0.15) is 0 Å². The molecule has 3 nitrogen and oxygen atoms in total. The van der Waals surface area contributed by atoms with Crippen molar-refractivity contribution in [2.75, 3.05) is 12.8 Å². The molecular formula is C14H13Br2NO2. The summed E-state index contributed by atoms with van der Waals surface area (Å²) in [7, 11) is 1.62. The van der Waals surface area contributed by atoms with Gasteiger partial charge >= 0.3 is 0 Å². The normalized spacial score (nSPS) is 10.3. The van der Waals surface area contributed by atoms with Crippen LogP contribution in [0.1, 0.15) is 5.56 Å². The molecule has 0 aromatic heterocycles. The van der Waals surface area contributed by atoms with Gasteiger partial charge in [0.2, 0.25) is 0 Å². The Morgan fingerprint density at radius 3 is 2.58 bits per heavy atom. The molecule has 19 heavy (non-hydrogen) atoms. The van der Waals surface area contributed by atoms with Crippen molar-refractivity contribution >= 4 is 37.5 Å². The van der Waals surface area contributed by atoms with Gasteiger partial charge in [0.15, 0.2) is 11.5 Å². The number of halogens is 2. The van der Waals surface area contributed by atoms with Gasteiger partial charge < -0.3 is 15.2 Å². The molecule has 2 N–H and O–H groups in total. The number of ether oxygens (including phenoxy) is 2. The molecule has 2 aromatic rings. The molecule has 0 fully saturated rings. The predicted molar refractivity (Wildman–Crippen MR) is 83.6 cm³/mol. The largest absolute Gasteiger partial charge is 0.493 e. The van der Waals surface area contributed by atoms with Gasteiger partial charge in [0.25, 0.3) is 0 Å². The zero-order valence-electron chi connectivity index (χ0n) is 10.3. The number of hydrogen-bond donors (Lipinski definition) is 1. The van der Waals surface area contributed by atoms with Crippen LogP contribution in [0, 0.1) is 0 Å². The molecule has 0 aliphatic heterocycles. The highest BCUT2D eigenvalue weighted by molar-refractivity contribution is 9.10. The van der Waals surface area contributed by atoms with Crippen molar-refractivity contribution in [2.45, 2.75) is 6.61 Å². The molecule has 5 heteroatoms. The summed E-state index contributed by atoms with van der Waals surface area (Å²) in [4.78, 5) is 0. The first-order valence-electron chi connectivity index (χ1n) is 5.61. The minimum atomic E-state index is 0.430. The molecule has 0 atom stereocenters. The molecule has 0 aliphatic rings. The lowest BCUT2D eigenvalue weighted by Crippen LogP contribution is -1.99. The number of nitrogens with two attached hydrogens (primary N) is 1. The Labute approximate surface area is 129 Å². The van der Waals surface area contributed by atoms with E-state index in [-0.39, 0.29) is 0 Å². The third kappa shape index (κ3) is 3.42. The summed E-state index contributed by atoms with van der Waals surface area (Å²) in [6.07, 6.45) is 0. The first-order chi connectivity index (χ1) is 9.11. The fourth-order valence-electron chi connectivity index (χ4n) is 1.62. The molecule has 100 valence electrons. The molecule has 0 amide bonds. The van der Waals surface area contributed by atoms with Crippen molar-refractivity contribution in [3.63, 3.8) is 0 Å². The van der Waals surface area contributed by atoms with Crippen molar-refractivity contribution in [2.24, 2.45) is 0 Å². The van der Waals surface area contributed by atoms with Gasteiger partial charge in [0, 0.05) is 15.7 Å². The van der Waals surface area contributed by atoms with Crippen LogP contribution in [0.5, 0.6) is 11.5 Å². The zero-order chi connectivity index (χ0) is 13.8. The van der Waals surface area contributed by atoms with Gasteiger partial charge in [-0.15, -0.1) is 0 Å². The molecular weight excluding hydrogens is 374 g/mol. The third-order valence-electron chi connectivity index (χ3n) is 2.60. The molecule has 0 saturated carbocycles. The highest BCUT2D eigenvalue weighted by Crippen LogP contribution is 2.35. The van der Waals surface area contributed by atoms with Crippen LogP contribution in [0.25, 0.3) is 0 Å². The summed E-state index contributed by atoms with van der Waals surface area (Å²) in [6.45, 7) is 0.430. The van der Waals surface area contributed by atoms with E-state index in [0.717, 1.165) is 14.5 Å². The summed E-state index contributed by atoms with van der Waals surface area (Å²) in [5, 5.41) is 0. The lowest BCUT2D eigenvalue weighted by Gasteiger charge is -2.13. The minimum Gasteiger partial charge on any atom is -0.493 e. The van der Waals surface area contributed by atoms with Crippen molar-refractivity contribution in [3.8, 4) is 11.5 Å². The van der Waals surface area contributed by atoms with E-state index in [1.807, 2.05) is 36.4 Å². The standard InChI is InChI=1S/C14H13Br2NO2/c1-18-13-4-2-3-11(15)14(13)19-8-9-5-6-10(17)7-12(9)16/h2-7H,8,17H2,1H3. The Hall–Kier alpha value is -1.20. The number of anilines is 1. The SMILES string of the molecule is COc1cccc(Br)c1OCc1ccc(N)cc1Br. The fraction of sp³-hybridized carbons (Fsp3) is 0.143. The van der Waals surface area contributed by atoms with Crippen LogP contribution in [-0.4, -0.2) is 7.11 Å². The number of hydrogen-bond acceptors (Lipinski definition) is 3. The maximum absolute atomic E-state index is 5.82. The van der Waals surface area contributed by atoms with Gasteiger partial charge in [-0.3, -0.25) is 0 Å². The van der Waals surface area contributed by atoms with Crippen LogP contribution >= 0.6 is 31.9 Å². The molecule has 0 bridgehead atoms. The van der Waals surface area contributed by atoms with Crippen LogP contribution in [0.4, 0.5) is 5.69 Å². The monoisotopic (exact) mass is 385 g/mol.